The molecule has 0 radical (unpaired) electrons. The van der Waals surface area contributed by atoms with E-state index >= 15 is 0 Å². The van der Waals surface area contributed by atoms with Crippen molar-refractivity contribution in [1.29, 1.82) is 0 Å². The van der Waals surface area contributed by atoms with Crippen LogP contribution in [0.25, 0.3) is 0 Å². The van der Waals surface area contributed by atoms with E-state index in [1.807, 2.05) is 43.0 Å². The third-order valence-electron chi connectivity index (χ3n) is 2.76. The number of hydrogen-bond acceptors (Lipinski definition) is 2. The smallest absolute Gasteiger partial charge is 0.221 e. The monoisotopic (exact) mass is 262 g/mol. The highest BCUT2D eigenvalue weighted by Gasteiger charge is 2.02. The Hall–Kier alpha value is -2.04. The predicted molar refractivity (Wildman–Crippen MR) is 79.0 cm³/mol. The van der Waals surface area contributed by atoms with Gasteiger partial charge in [0.1, 0.15) is 0 Å². The fourth-order valence-corrected chi connectivity index (χ4v) is 1.77. The Morgan fingerprint density at radius 2 is 2.05 bits per heavy atom. The van der Waals surface area contributed by atoms with Gasteiger partial charge < -0.3 is 16.0 Å². The van der Waals surface area contributed by atoms with Gasteiger partial charge in [-0.3, -0.25) is 4.79 Å². The van der Waals surface area contributed by atoms with Crippen molar-refractivity contribution in [1.82, 2.24) is 4.90 Å². The standard InChI is InChI=1S/C14H22N4O/c1-4-18(5-2)14(15)16-10-12-7-6-8-13(9-12)17-11(3)19/h6-9H,4-5,10H2,1-3H3,(H2,15,16)(H,17,19). The Labute approximate surface area is 114 Å². The molecule has 1 aromatic carbocycles. The molecule has 5 nitrogen and oxygen atoms in total. The molecule has 0 atom stereocenters. The Bertz CT molecular complexity index is 453. The number of anilines is 1. The van der Waals surface area contributed by atoms with Crippen LogP contribution < -0.4 is 11.1 Å². The van der Waals surface area contributed by atoms with E-state index in [2.05, 4.69) is 10.3 Å². The lowest BCUT2D eigenvalue weighted by molar-refractivity contribution is -0.114. The lowest BCUT2D eigenvalue weighted by Gasteiger charge is -2.19. The van der Waals surface area contributed by atoms with Crippen LogP contribution in [0.2, 0.25) is 0 Å². The highest BCUT2D eigenvalue weighted by molar-refractivity contribution is 5.88. The number of aliphatic imine (C=N–C) groups is 1. The molecule has 0 aliphatic heterocycles. The summed E-state index contributed by atoms with van der Waals surface area (Å²) in [4.78, 5) is 17.4. The highest BCUT2D eigenvalue weighted by Crippen LogP contribution is 2.11. The van der Waals surface area contributed by atoms with Crippen LogP contribution in [-0.4, -0.2) is 29.9 Å². The van der Waals surface area contributed by atoms with Crippen LogP contribution in [0.4, 0.5) is 5.69 Å². The zero-order valence-electron chi connectivity index (χ0n) is 11.8. The molecule has 5 heteroatoms. The summed E-state index contributed by atoms with van der Waals surface area (Å²) in [7, 11) is 0. The normalized spacial score (nSPS) is 11.2. The van der Waals surface area contributed by atoms with Gasteiger partial charge in [-0.1, -0.05) is 12.1 Å². The van der Waals surface area contributed by atoms with Gasteiger partial charge >= 0.3 is 0 Å². The highest BCUT2D eigenvalue weighted by atomic mass is 16.1. The number of nitrogens with two attached hydrogens (primary N) is 1. The van der Waals surface area contributed by atoms with Crippen molar-refractivity contribution >= 4 is 17.6 Å². The summed E-state index contributed by atoms with van der Waals surface area (Å²) < 4.78 is 0. The molecule has 19 heavy (non-hydrogen) atoms. The molecule has 0 heterocycles. The number of amides is 1. The Morgan fingerprint density at radius 3 is 2.63 bits per heavy atom. The van der Waals surface area contributed by atoms with Gasteiger partial charge in [0, 0.05) is 25.7 Å². The number of benzene rings is 1. The molecule has 104 valence electrons. The van der Waals surface area contributed by atoms with Crippen LogP contribution in [-0.2, 0) is 11.3 Å². The van der Waals surface area contributed by atoms with E-state index in [-0.39, 0.29) is 5.91 Å². The minimum absolute atomic E-state index is 0.0803. The number of nitrogens with zero attached hydrogens (tertiary/aromatic N) is 2. The van der Waals surface area contributed by atoms with Crippen molar-refractivity contribution in [2.75, 3.05) is 18.4 Å². The van der Waals surface area contributed by atoms with Gasteiger partial charge in [-0.2, -0.15) is 0 Å². The van der Waals surface area contributed by atoms with E-state index in [1.165, 1.54) is 6.92 Å². The Morgan fingerprint density at radius 1 is 1.37 bits per heavy atom. The average Bonchev–Trinajstić information content (AvgIpc) is 2.37. The zero-order chi connectivity index (χ0) is 14.3. The third kappa shape index (κ3) is 4.99. The topological polar surface area (TPSA) is 70.7 Å². The SMILES string of the molecule is CCN(CC)C(N)=NCc1cccc(NC(C)=O)c1. The summed E-state index contributed by atoms with van der Waals surface area (Å²) in [5, 5.41) is 2.75. The zero-order valence-corrected chi connectivity index (χ0v) is 11.8. The summed E-state index contributed by atoms with van der Waals surface area (Å²) in [5.41, 5.74) is 7.71. The van der Waals surface area contributed by atoms with Crippen molar-refractivity contribution < 1.29 is 4.79 Å². The predicted octanol–water partition coefficient (Wildman–Crippen LogP) is 1.80. The molecule has 0 spiro atoms. The van der Waals surface area contributed by atoms with E-state index in [9.17, 15) is 4.79 Å². The molecule has 0 aromatic heterocycles. The van der Waals surface area contributed by atoms with Crippen molar-refractivity contribution in [3.05, 3.63) is 29.8 Å². The number of guanidine groups is 1. The van der Waals surface area contributed by atoms with Gasteiger partial charge in [0.2, 0.25) is 5.91 Å². The molecule has 0 unspecified atom stereocenters. The van der Waals surface area contributed by atoms with Crippen LogP contribution in [0, 0.1) is 0 Å². The summed E-state index contributed by atoms with van der Waals surface area (Å²) in [6.07, 6.45) is 0. The molecular formula is C14H22N4O. The van der Waals surface area contributed by atoms with E-state index in [0.717, 1.165) is 24.3 Å². The van der Waals surface area contributed by atoms with Gasteiger partial charge in [-0.05, 0) is 31.5 Å². The summed E-state index contributed by atoms with van der Waals surface area (Å²) >= 11 is 0. The molecule has 0 aliphatic carbocycles. The maximum Gasteiger partial charge on any atom is 0.221 e. The van der Waals surface area contributed by atoms with Gasteiger partial charge in [0.15, 0.2) is 5.96 Å². The first kappa shape index (κ1) is 15.0. The largest absolute Gasteiger partial charge is 0.370 e. The van der Waals surface area contributed by atoms with Crippen molar-refractivity contribution in [3.63, 3.8) is 0 Å². The first-order valence-corrected chi connectivity index (χ1v) is 6.48. The van der Waals surface area contributed by atoms with E-state index in [4.69, 9.17) is 5.73 Å². The second-order valence-corrected chi connectivity index (χ2v) is 4.23. The Kier molecular flexibility index (Phi) is 5.85. The van der Waals surface area contributed by atoms with E-state index < -0.39 is 0 Å². The number of nitrogens with one attached hydrogen (secondary N) is 1. The second-order valence-electron chi connectivity index (χ2n) is 4.23. The van der Waals surface area contributed by atoms with E-state index in [1.54, 1.807) is 0 Å². The van der Waals surface area contributed by atoms with E-state index in [0.29, 0.717) is 12.5 Å². The number of hydrogen-bond donors (Lipinski definition) is 2. The molecule has 1 aromatic rings. The summed E-state index contributed by atoms with van der Waals surface area (Å²) in [6, 6.07) is 7.61. The molecule has 0 saturated heterocycles. The van der Waals surface area contributed by atoms with Crippen LogP contribution in [0.5, 0.6) is 0 Å². The van der Waals surface area contributed by atoms with Crippen molar-refractivity contribution in [2.24, 2.45) is 10.7 Å². The molecule has 3 N–H and O–H groups in total. The molecule has 0 bridgehead atoms. The van der Waals surface area contributed by atoms with Gasteiger partial charge in [-0.15, -0.1) is 0 Å². The first-order valence-electron chi connectivity index (χ1n) is 6.48. The average molecular weight is 262 g/mol. The fourth-order valence-electron chi connectivity index (χ4n) is 1.77. The molecule has 1 amide bonds. The fraction of sp³-hybridized carbons (Fsp3) is 0.429. The molecular weight excluding hydrogens is 240 g/mol. The van der Waals surface area contributed by atoms with Crippen molar-refractivity contribution in [2.45, 2.75) is 27.3 Å². The van der Waals surface area contributed by atoms with Gasteiger partial charge in [0.05, 0.1) is 6.54 Å². The maximum atomic E-state index is 11.0. The molecule has 0 aliphatic rings. The minimum atomic E-state index is -0.0803. The first-order chi connectivity index (χ1) is 9.06. The quantitative estimate of drug-likeness (QED) is 0.628. The molecule has 1 rings (SSSR count). The van der Waals surface area contributed by atoms with Gasteiger partial charge in [0.25, 0.3) is 0 Å². The number of carbonyl (C=O) groups excluding carboxylic acids is 1. The lowest BCUT2D eigenvalue weighted by atomic mass is 10.2. The maximum absolute atomic E-state index is 11.0. The molecule has 0 fully saturated rings. The summed E-state index contributed by atoms with van der Waals surface area (Å²) in [6.45, 7) is 7.78. The Balaban J connectivity index is 2.71. The minimum Gasteiger partial charge on any atom is -0.370 e. The van der Waals surface area contributed by atoms with Crippen LogP contribution >= 0.6 is 0 Å². The number of carbonyl (C=O) groups is 1. The summed E-state index contributed by atoms with van der Waals surface area (Å²) in [5.74, 6) is 0.471. The second kappa shape index (κ2) is 7.41. The van der Waals surface area contributed by atoms with Crippen LogP contribution in [0.3, 0.4) is 0 Å². The van der Waals surface area contributed by atoms with Crippen molar-refractivity contribution in [3.8, 4) is 0 Å². The van der Waals surface area contributed by atoms with Crippen LogP contribution in [0.15, 0.2) is 29.3 Å². The lowest BCUT2D eigenvalue weighted by Crippen LogP contribution is -2.37. The van der Waals surface area contributed by atoms with Gasteiger partial charge in [-0.25, -0.2) is 4.99 Å². The third-order valence-corrected chi connectivity index (χ3v) is 2.76. The number of rotatable bonds is 5. The van der Waals surface area contributed by atoms with Crippen LogP contribution in [0.1, 0.15) is 26.3 Å². The molecule has 0 saturated carbocycles.